The molecule has 3 nitrogen and oxygen atoms in total. The molecule has 1 heterocycles. The number of hydrogen-bond acceptors (Lipinski definition) is 3. The summed E-state index contributed by atoms with van der Waals surface area (Å²) in [6.45, 7) is 2.89. The van der Waals surface area contributed by atoms with Crippen LogP contribution in [0.5, 0.6) is 5.75 Å². The zero-order chi connectivity index (χ0) is 13.0. The molecule has 0 aliphatic carbocycles. The molecular weight excluding hydrogens is 228 g/mol. The molecule has 0 saturated carbocycles. The lowest BCUT2D eigenvalue weighted by Gasteiger charge is -2.22. The Hall–Kier alpha value is -1.06. The molecule has 1 aliphatic rings. The molecule has 1 aliphatic heterocycles. The smallest absolute Gasteiger partial charge is 0.119 e. The second-order valence-electron chi connectivity index (χ2n) is 4.89. The van der Waals surface area contributed by atoms with Crippen molar-refractivity contribution in [3.63, 3.8) is 0 Å². The van der Waals surface area contributed by atoms with Gasteiger partial charge in [-0.1, -0.05) is 19.1 Å². The molecule has 0 spiro atoms. The fraction of sp³-hybridized carbons (Fsp3) is 0.600. The first-order valence-electron chi connectivity index (χ1n) is 6.67. The summed E-state index contributed by atoms with van der Waals surface area (Å²) in [6.07, 6.45) is 2.49. The van der Waals surface area contributed by atoms with Crippen LogP contribution in [0.15, 0.2) is 24.3 Å². The standard InChI is InChI=1S/C15H22O3/c1-3-15-13(7-8-18-15)14(16)10-11-5-4-6-12(9-11)17-2/h4-6,9,13-16H,3,7-8,10H2,1-2H3. The average molecular weight is 250 g/mol. The molecule has 18 heavy (non-hydrogen) atoms. The molecular formula is C15H22O3. The van der Waals surface area contributed by atoms with E-state index in [0.29, 0.717) is 6.42 Å². The third-order valence-electron chi connectivity index (χ3n) is 3.74. The minimum Gasteiger partial charge on any atom is -0.497 e. The van der Waals surface area contributed by atoms with Crippen molar-refractivity contribution in [1.82, 2.24) is 0 Å². The van der Waals surface area contributed by atoms with Crippen LogP contribution < -0.4 is 4.74 Å². The van der Waals surface area contributed by atoms with Crippen molar-refractivity contribution >= 4 is 0 Å². The number of aliphatic hydroxyl groups is 1. The lowest BCUT2D eigenvalue weighted by molar-refractivity contribution is 0.0317. The van der Waals surface area contributed by atoms with Crippen molar-refractivity contribution in [2.75, 3.05) is 13.7 Å². The molecule has 0 aromatic heterocycles. The summed E-state index contributed by atoms with van der Waals surface area (Å²) in [6, 6.07) is 7.90. The van der Waals surface area contributed by atoms with E-state index in [4.69, 9.17) is 9.47 Å². The second kappa shape index (κ2) is 6.21. The zero-order valence-electron chi connectivity index (χ0n) is 11.1. The molecule has 2 rings (SSSR count). The van der Waals surface area contributed by atoms with E-state index in [1.165, 1.54) is 0 Å². The van der Waals surface area contributed by atoms with Crippen molar-refractivity contribution in [3.05, 3.63) is 29.8 Å². The maximum Gasteiger partial charge on any atom is 0.119 e. The summed E-state index contributed by atoms with van der Waals surface area (Å²) in [5.41, 5.74) is 1.11. The lowest BCUT2D eigenvalue weighted by Crippen LogP contribution is -2.29. The van der Waals surface area contributed by atoms with Crippen LogP contribution in [0.4, 0.5) is 0 Å². The maximum atomic E-state index is 10.3. The monoisotopic (exact) mass is 250 g/mol. The zero-order valence-corrected chi connectivity index (χ0v) is 11.1. The van der Waals surface area contributed by atoms with Gasteiger partial charge >= 0.3 is 0 Å². The van der Waals surface area contributed by atoms with Gasteiger partial charge in [0, 0.05) is 12.5 Å². The minimum atomic E-state index is -0.329. The topological polar surface area (TPSA) is 38.7 Å². The highest BCUT2D eigenvalue weighted by molar-refractivity contribution is 5.28. The molecule has 3 unspecified atom stereocenters. The fourth-order valence-electron chi connectivity index (χ4n) is 2.72. The van der Waals surface area contributed by atoms with Gasteiger partial charge in [0.1, 0.15) is 5.75 Å². The van der Waals surface area contributed by atoms with E-state index < -0.39 is 0 Å². The molecule has 100 valence electrons. The highest BCUT2D eigenvalue weighted by atomic mass is 16.5. The number of benzene rings is 1. The van der Waals surface area contributed by atoms with E-state index in [9.17, 15) is 5.11 Å². The van der Waals surface area contributed by atoms with Crippen LogP contribution in [-0.4, -0.2) is 31.0 Å². The minimum absolute atomic E-state index is 0.214. The number of methoxy groups -OCH3 is 1. The summed E-state index contributed by atoms with van der Waals surface area (Å²) in [7, 11) is 1.66. The van der Waals surface area contributed by atoms with Gasteiger partial charge in [0.05, 0.1) is 19.3 Å². The van der Waals surface area contributed by atoms with E-state index >= 15 is 0 Å². The van der Waals surface area contributed by atoms with Crippen LogP contribution in [0.2, 0.25) is 0 Å². The summed E-state index contributed by atoms with van der Waals surface area (Å²) in [4.78, 5) is 0. The van der Waals surface area contributed by atoms with Gasteiger partial charge in [-0.05, 0) is 37.0 Å². The summed E-state index contributed by atoms with van der Waals surface area (Å²) in [5, 5.41) is 10.3. The Bertz CT molecular complexity index is 378. The SMILES string of the molecule is CCC1OCCC1C(O)Cc1cccc(OC)c1. The second-order valence-corrected chi connectivity index (χ2v) is 4.89. The van der Waals surface area contributed by atoms with Gasteiger partial charge in [0.15, 0.2) is 0 Å². The van der Waals surface area contributed by atoms with Crippen LogP contribution >= 0.6 is 0 Å². The summed E-state index contributed by atoms with van der Waals surface area (Å²) >= 11 is 0. The molecule has 3 atom stereocenters. The van der Waals surface area contributed by atoms with Gasteiger partial charge in [-0.2, -0.15) is 0 Å². The highest BCUT2D eigenvalue weighted by Crippen LogP contribution is 2.28. The number of aliphatic hydroxyl groups excluding tert-OH is 1. The third-order valence-corrected chi connectivity index (χ3v) is 3.74. The highest BCUT2D eigenvalue weighted by Gasteiger charge is 2.32. The van der Waals surface area contributed by atoms with Crippen molar-refractivity contribution in [2.24, 2.45) is 5.92 Å². The Balaban J connectivity index is 1.99. The molecule has 0 amide bonds. The summed E-state index contributed by atoms with van der Waals surface area (Å²) < 4.78 is 10.8. The maximum absolute atomic E-state index is 10.3. The van der Waals surface area contributed by atoms with Crippen molar-refractivity contribution < 1.29 is 14.6 Å². The van der Waals surface area contributed by atoms with Crippen LogP contribution in [0.1, 0.15) is 25.3 Å². The van der Waals surface area contributed by atoms with Crippen LogP contribution in [0.3, 0.4) is 0 Å². The Morgan fingerprint density at radius 1 is 1.50 bits per heavy atom. The largest absolute Gasteiger partial charge is 0.497 e. The molecule has 1 saturated heterocycles. The molecule has 0 bridgehead atoms. The van der Waals surface area contributed by atoms with Crippen LogP contribution in [0, 0.1) is 5.92 Å². The van der Waals surface area contributed by atoms with Gasteiger partial charge in [-0.25, -0.2) is 0 Å². The van der Waals surface area contributed by atoms with Crippen LogP contribution in [0.25, 0.3) is 0 Å². The van der Waals surface area contributed by atoms with E-state index in [-0.39, 0.29) is 18.1 Å². The van der Waals surface area contributed by atoms with Gasteiger partial charge < -0.3 is 14.6 Å². The number of hydrogen-bond donors (Lipinski definition) is 1. The van der Waals surface area contributed by atoms with E-state index in [1.807, 2.05) is 24.3 Å². The van der Waals surface area contributed by atoms with E-state index in [2.05, 4.69) is 6.92 Å². The Morgan fingerprint density at radius 2 is 2.33 bits per heavy atom. The van der Waals surface area contributed by atoms with Crippen molar-refractivity contribution in [2.45, 2.75) is 38.4 Å². The van der Waals surface area contributed by atoms with Gasteiger partial charge in [0.2, 0.25) is 0 Å². The lowest BCUT2D eigenvalue weighted by atomic mass is 9.89. The first-order chi connectivity index (χ1) is 8.74. The number of rotatable bonds is 5. The first-order valence-corrected chi connectivity index (χ1v) is 6.67. The average Bonchev–Trinajstić information content (AvgIpc) is 2.87. The normalized spacial score (nSPS) is 25.1. The molecule has 1 fully saturated rings. The molecule has 0 radical (unpaired) electrons. The third kappa shape index (κ3) is 3.03. The predicted molar refractivity (Wildman–Crippen MR) is 70.8 cm³/mol. The van der Waals surface area contributed by atoms with Crippen LogP contribution in [-0.2, 0) is 11.2 Å². The van der Waals surface area contributed by atoms with Gasteiger partial charge in [-0.3, -0.25) is 0 Å². The Morgan fingerprint density at radius 3 is 3.06 bits per heavy atom. The number of ether oxygens (including phenoxy) is 2. The van der Waals surface area contributed by atoms with Gasteiger partial charge in [-0.15, -0.1) is 0 Å². The quantitative estimate of drug-likeness (QED) is 0.872. The molecule has 1 N–H and O–H groups in total. The predicted octanol–water partition coefficient (Wildman–Crippen LogP) is 2.41. The van der Waals surface area contributed by atoms with E-state index in [1.54, 1.807) is 7.11 Å². The molecule has 3 heteroatoms. The molecule has 1 aromatic carbocycles. The Kier molecular flexibility index (Phi) is 4.61. The Labute approximate surface area is 109 Å². The van der Waals surface area contributed by atoms with Crippen molar-refractivity contribution in [1.29, 1.82) is 0 Å². The summed E-state index contributed by atoms with van der Waals surface area (Å²) in [5.74, 6) is 1.11. The first kappa shape index (κ1) is 13.4. The fourth-order valence-corrected chi connectivity index (χ4v) is 2.72. The van der Waals surface area contributed by atoms with E-state index in [0.717, 1.165) is 30.8 Å². The van der Waals surface area contributed by atoms with Gasteiger partial charge in [0.25, 0.3) is 0 Å². The molecule has 1 aromatic rings. The van der Waals surface area contributed by atoms with Crippen molar-refractivity contribution in [3.8, 4) is 5.75 Å².